The topological polar surface area (TPSA) is 87.2 Å². The van der Waals surface area contributed by atoms with Gasteiger partial charge in [0.2, 0.25) is 15.9 Å². The van der Waals surface area contributed by atoms with Crippen molar-refractivity contribution in [2.75, 3.05) is 37.7 Å². The van der Waals surface area contributed by atoms with E-state index in [1.807, 2.05) is 18.2 Å². The van der Waals surface area contributed by atoms with Gasteiger partial charge in [0, 0.05) is 26.2 Å². The van der Waals surface area contributed by atoms with Crippen LogP contribution in [-0.4, -0.2) is 62.2 Å². The highest BCUT2D eigenvalue weighted by atomic mass is 32.2. The van der Waals surface area contributed by atoms with Gasteiger partial charge < -0.3 is 9.64 Å². The second-order valence-corrected chi connectivity index (χ2v) is 10.6. The summed E-state index contributed by atoms with van der Waals surface area (Å²) in [5.74, 6) is -0.125. The minimum absolute atomic E-state index is 0.116. The largest absolute Gasteiger partial charge is 0.482 e. The lowest BCUT2D eigenvalue weighted by Gasteiger charge is -2.34. The van der Waals surface area contributed by atoms with Crippen LogP contribution < -0.4 is 9.64 Å². The van der Waals surface area contributed by atoms with E-state index < -0.39 is 10.0 Å². The molecule has 5 rings (SSSR count). The summed E-state index contributed by atoms with van der Waals surface area (Å²) in [5, 5.41) is 0. The fourth-order valence-electron chi connectivity index (χ4n) is 4.71. The smallest absolute Gasteiger partial charge is 0.265 e. The number of piperidine rings is 1. The molecule has 3 heterocycles. The van der Waals surface area contributed by atoms with Gasteiger partial charge in [-0.3, -0.25) is 14.5 Å². The first-order valence-electron chi connectivity index (χ1n) is 11.4. The van der Waals surface area contributed by atoms with Crippen LogP contribution in [0.25, 0.3) is 0 Å². The van der Waals surface area contributed by atoms with Crippen molar-refractivity contribution in [3.8, 4) is 5.75 Å². The Morgan fingerprint density at radius 2 is 1.73 bits per heavy atom. The molecule has 0 saturated carbocycles. The van der Waals surface area contributed by atoms with Crippen molar-refractivity contribution >= 4 is 27.5 Å². The van der Waals surface area contributed by atoms with Gasteiger partial charge in [0.1, 0.15) is 12.3 Å². The quantitative estimate of drug-likeness (QED) is 0.685. The fraction of sp³-hybridized carbons (Fsp3) is 0.417. The first-order valence-corrected chi connectivity index (χ1v) is 12.8. The summed E-state index contributed by atoms with van der Waals surface area (Å²) < 4.78 is 33.3. The van der Waals surface area contributed by atoms with Crippen LogP contribution >= 0.6 is 0 Å². The van der Waals surface area contributed by atoms with E-state index in [2.05, 4.69) is 6.07 Å². The Kier molecular flexibility index (Phi) is 5.84. The molecule has 2 aromatic carbocycles. The number of ether oxygens (including phenoxy) is 1. The Hall–Kier alpha value is -2.91. The number of sulfonamides is 1. The predicted molar refractivity (Wildman–Crippen MR) is 122 cm³/mol. The number of carbonyl (C=O) groups excluding carboxylic acids is 2. The molecule has 8 nitrogen and oxygen atoms in total. The molecular weight excluding hydrogens is 442 g/mol. The van der Waals surface area contributed by atoms with Crippen LogP contribution in [0.15, 0.2) is 47.4 Å². The zero-order valence-electron chi connectivity index (χ0n) is 18.4. The van der Waals surface area contributed by atoms with Crippen LogP contribution in [0.3, 0.4) is 0 Å². The highest BCUT2D eigenvalue weighted by Gasteiger charge is 2.33. The third-order valence-electron chi connectivity index (χ3n) is 6.60. The Balaban J connectivity index is 1.39. The van der Waals surface area contributed by atoms with Crippen LogP contribution in [0.5, 0.6) is 5.75 Å². The van der Waals surface area contributed by atoms with Gasteiger partial charge >= 0.3 is 0 Å². The van der Waals surface area contributed by atoms with Crippen molar-refractivity contribution in [1.29, 1.82) is 0 Å². The van der Waals surface area contributed by atoms with Crippen molar-refractivity contribution in [3.05, 3.63) is 53.6 Å². The molecule has 33 heavy (non-hydrogen) atoms. The maximum atomic E-state index is 13.2. The van der Waals surface area contributed by atoms with E-state index in [9.17, 15) is 18.0 Å². The number of hydrogen-bond donors (Lipinski definition) is 0. The van der Waals surface area contributed by atoms with Crippen molar-refractivity contribution in [3.63, 3.8) is 0 Å². The lowest BCUT2D eigenvalue weighted by molar-refractivity contribution is -0.132. The molecular formula is C24H27N3O5S. The van der Waals surface area contributed by atoms with E-state index in [-0.39, 0.29) is 29.9 Å². The SMILES string of the molecule is O=C(CN1C(=O)COc2ccc(S(=O)(=O)N3CCCCC3)cc21)N1CCc2ccccc2C1. The lowest BCUT2D eigenvalue weighted by atomic mass is 10.00. The number of rotatable bonds is 4. The average Bonchev–Trinajstić information content (AvgIpc) is 2.85. The molecule has 3 aliphatic heterocycles. The van der Waals surface area contributed by atoms with Crippen LogP contribution in [-0.2, 0) is 32.6 Å². The third-order valence-corrected chi connectivity index (χ3v) is 8.50. The number of carbonyl (C=O) groups is 2. The molecule has 1 fully saturated rings. The summed E-state index contributed by atoms with van der Waals surface area (Å²) in [7, 11) is -3.67. The van der Waals surface area contributed by atoms with Crippen molar-refractivity contribution in [1.82, 2.24) is 9.21 Å². The standard InChI is InChI=1S/C24H27N3O5S/c28-23(25-13-10-18-6-2-3-7-19(18)15-25)16-27-21-14-20(8-9-22(21)32-17-24(27)29)33(30,31)26-11-4-1-5-12-26/h2-3,6-9,14H,1,4-5,10-13,15-17H2. The Morgan fingerprint density at radius 3 is 2.52 bits per heavy atom. The van der Waals surface area contributed by atoms with E-state index in [1.54, 1.807) is 11.0 Å². The molecule has 0 spiro atoms. The van der Waals surface area contributed by atoms with E-state index in [0.29, 0.717) is 37.6 Å². The van der Waals surface area contributed by atoms with Crippen LogP contribution in [0.4, 0.5) is 5.69 Å². The van der Waals surface area contributed by atoms with E-state index in [1.165, 1.54) is 26.9 Å². The Labute approximate surface area is 193 Å². The minimum atomic E-state index is -3.67. The molecule has 0 bridgehead atoms. The predicted octanol–water partition coefficient (Wildman–Crippen LogP) is 2.17. The molecule has 9 heteroatoms. The number of amides is 2. The summed E-state index contributed by atoms with van der Waals surface area (Å²) >= 11 is 0. The fourth-order valence-corrected chi connectivity index (χ4v) is 6.25. The molecule has 0 atom stereocenters. The Bertz CT molecular complexity index is 1190. The van der Waals surface area contributed by atoms with Crippen molar-refractivity contribution in [2.24, 2.45) is 0 Å². The van der Waals surface area contributed by atoms with E-state index in [0.717, 1.165) is 31.2 Å². The van der Waals surface area contributed by atoms with Gasteiger partial charge in [0.25, 0.3) is 5.91 Å². The lowest BCUT2D eigenvalue weighted by Crippen LogP contribution is -2.47. The molecule has 0 N–H and O–H groups in total. The highest BCUT2D eigenvalue weighted by Crippen LogP contribution is 2.35. The molecule has 2 aromatic rings. The summed E-state index contributed by atoms with van der Waals surface area (Å²) in [6, 6.07) is 12.6. The van der Waals surface area contributed by atoms with Gasteiger partial charge in [0.15, 0.2) is 6.61 Å². The van der Waals surface area contributed by atoms with Gasteiger partial charge in [-0.15, -0.1) is 0 Å². The minimum Gasteiger partial charge on any atom is -0.482 e. The zero-order chi connectivity index (χ0) is 23.0. The molecule has 1 saturated heterocycles. The van der Waals surface area contributed by atoms with Crippen molar-refractivity contribution in [2.45, 2.75) is 37.1 Å². The summed E-state index contributed by atoms with van der Waals surface area (Å²) in [5.41, 5.74) is 2.68. The molecule has 2 amide bonds. The summed E-state index contributed by atoms with van der Waals surface area (Å²) in [6.07, 6.45) is 3.47. The van der Waals surface area contributed by atoms with Gasteiger partial charge in [-0.25, -0.2) is 8.42 Å². The first kappa shape index (κ1) is 21.9. The van der Waals surface area contributed by atoms with Gasteiger partial charge in [-0.2, -0.15) is 4.31 Å². The Morgan fingerprint density at radius 1 is 0.970 bits per heavy atom. The van der Waals surface area contributed by atoms with Gasteiger partial charge in [-0.1, -0.05) is 30.7 Å². The maximum absolute atomic E-state index is 13.2. The van der Waals surface area contributed by atoms with E-state index >= 15 is 0 Å². The maximum Gasteiger partial charge on any atom is 0.265 e. The third kappa shape index (κ3) is 4.22. The molecule has 0 aliphatic carbocycles. The summed E-state index contributed by atoms with van der Waals surface area (Å²) in [4.78, 5) is 29.1. The van der Waals surface area contributed by atoms with Crippen LogP contribution in [0.1, 0.15) is 30.4 Å². The summed E-state index contributed by atoms with van der Waals surface area (Å²) in [6.45, 7) is 1.75. The second-order valence-electron chi connectivity index (χ2n) is 8.70. The highest BCUT2D eigenvalue weighted by molar-refractivity contribution is 7.89. The zero-order valence-corrected chi connectivity index (χ0v) is 19.2. The molecule has 0 radical (unpaired) electrons. The average molecular weight is 470 g/mol. The molecule has 174 valence electrons. The monoisotopic (exact) mass is 469 g/mol. The number of benzene rings is 2. The van der Waals surface area contributed by atoms with Gasteiger partial charge in [0.05, 0.1) is 10.6 Å². The van der Waals surface area contributed by atoms with E-state index in [4.69, 9.17) is 4.74 Å². The molecule has 0 unspecified atom stereocenters. The van der Waals surface area contributed by atoms with Crippen LogP contribution in [0, 0.1) is 0 Å². The van der Waals surface area contributed by atoms with Crippen molar-refractivity contribution < 1.29 is 22.7 Å². The first-order chi connectivity index (χ1) is 15.9. The number of anilines is 1. The van der Waals surface area contributed by atoms with Gasteiger partial charge in [-0.05, 0) is 48.6 Å². The molecule has 3 aliphatic rings. The number of fused-ring (bicyclic) bond motifs is 2. The molecule has 0 aromatic heterocycles. The number of hydrogen-bond acceptors (Lipinski definition) is 5. The second kappa shape index (κ2) is 8.79. The van der Waals surface area contributed by atoms with Crippen LogP contribution in [0.2, 0.25) is 0 Å². The normalized spacial score (nSPS) is 19.0. The number of nitrogens with zero attached hydrogens (tertiary/aromatic N) is 3.